The molecule has 4 rings (SSSR count). The zero-order chi connectivity index (χ0) is 22.0. The third-order valence-corrected chi connectivity index (χ3v) is 7.34. The molecule has 1 aromatic rings. The topological polar surface area (TPSA) is 70.2 Å². The van der Waals surface area contributed by atoms with Crippen molar-refractivity contribution >= 4 is 22.0 Å². The van der Waals surface area contributed by atoms with Crippen LogP contribution in [0.5, 0.6) is 0 Å². The molecule has 3 aliphatic rings. The van der Waals surface area contributed by atoms with Gasteiger partial charge < -0.3 is 10.6 Å². The second-order valence-electron chi connectivity index (χ2n) is 8.94. The summed E-state index contributed by atoms with van der Waals surface area (Å²) in [5, 5.41) is 8.78. The standard InChI is InChI=1S/C19H24F5N3O2S/c1-19(8-9-19)16(11-4-6-13(7-5-11)30(20,21,22,23)24)27-18(29)14-10-15(28)26-17(25-14)12-2-3-12/h4-7,12,14,16-17,25H,2-3,8-10H2,1H3,(H,26,28)(H,27,29)/t14?,16-,17?/m0/s1. The van der Waals surface area contributed by atoms with Crippen LogP contribution in [-0.2, 0) is 9.59 Å². The summed E-state index contributed by atoms with van der Waals surface area (Å²) in [5.41, 5.74) is -0.0494. The van der Waals surface area contributed by atoms with Gasteiger partial charge in [0.15, 0.2) is 0 Å². The van der Waals surface area contributed by atoms with Gasteiger partial charge >= 0.3 is 10.2 Å². The largest absolute Gasteiger partial charge is 0.347 e. The third-order valence-electron chi connectivity index (χ3n) is 6.18. The predicted molar refractivity (Wildman–Crippen MR) is 102 cm³/mol. The maximum atomic E-state index is 13.0. The molecule has 1 aromatic carbocycles. The number of halogens is 5. The summed E-state index contributed by atoms with van der Waals surface area (Å²) in [7, 11) is -9.75. The lowest BCUT2D eigenvalue weighted by atomic mass is 9.91. The van der Waals surface area contributed by atoms with Gasteiger partial charge in [-0.05, 0) is 54.7 Å². The lowest BCUT2D eigenvalue weighted by Crippen LogP contribution is -2.61. The number of hydrogen-bond acceptors (Lipinski definition) is 3. The number of hydrogen-bond donors (Lipinski definition) is 3. The van der Waals surface area contributed by atoms with Crippen LogP contribution in [0.1, 0.15) is 50.6 Å². The highest BCUT2D eigenvalue weighted by Gasteiger charge is 2.65. The molecule has 2 amide bonds. The number of benzene rings is 1. The first-order valence-corrected chi connectivity index (χ1v) is 11.8. The Morgan fingerprint density at radius 3 is 2.23 bits per heavy atom. The summed E-state index contributed by atoms with van der Waals surface area (Å²) < 4.78 is 65.0. The van der Waals surface area contributed by atoms with Crippen LogP contribution in [0.2, 0.25) is 0 Å². The molecule has 11 heteroatoms. The van der Waals surface area contributed by atoms with E-state index in [2.05, 4.69) is 16.0 Å². The van der Waals surface area contributed by atoms with Gasteiger partial charge in [-0.1, -0.05) is 38.5 Å². The van der Waals surface area contributed by atoms with Crippen LogP contribution in [0, 0.1) is 11.3 Å². The van der Waals surface area contributed by atoms with Gasteiger partial charge in [-0.15, -0.1) is 0 Å². The first-order chi connectivity index (χ1) is 13.6. The van der Waals surface area contributed by atoms with Crippen molar-refractivity contribution in [2.24, 2.45) is 11.3 Å². The predicted octanol–water partition coefficient (Wildman–Crippen LogP) is 4.52. The summed E-state index contributed by atoms with van der Waals surface area (Å²) in [5.74, 6) is -0.369. The molecule has 0 spiro atoms. The molecule has 1 aliphatic heterocycles. The highest BCUT2D eigenvalue weighted by atomic mass is 32.5. The first-order valence-electron chi connectivity index (χ1n) is 9.84. The minimum absolute atomic E-state index is 0.0400. The molecule has 3 fully saturated rings. The first kappa shape index (κ1) is 21.4. The molecule has 2 saturated carbocycles. The molecule has 5 nitrogen and oxygen atoms in total. The fourth-order valence-corrected chi connectivity index (χ4v) is 4.54. The van der Waals surface area contributed by atoms with Crippen molar-refractivity contribution in [1.82, 2.24) is 16.0 Å². The summed E-state index contributed by atoms with van der Waals surface area (Å²) in [6, 6.07) is 1.35. The highest BCUT2D eigenvalue weighted by molar-refractivity contribution is 8.45. The van der Waals surface area contributed by atoms with Crippen LogP contribution in [0.3, 0.4) is 0 Å². The molecule has 0 bridgehead atoms. The maximum absolute atomic E-state index is 13.0. The fraction of sp³-hybridized carbons (Fsp3) is 0.579. The number of carbonyl (C=O) groups excluding carboxylic acids is 2. The van der Waals surface area contributed by atoms with Crippen molar-refractivity contribution in [2.75, 3.05) is 0 Å². The van der Waals surface area contributed by atoms with E-state index < -0.39 is 33.1 Å². The van der Waals surface area contributed by atoms with Gasteiger partial charge in [0.1, 0.15) is 4.90 Å². The van der Waals surface area contributed by atoms with Gasteiger partial charge in [-0.2, -0.15) is 0 Å². The van der Waals surface area contributed by atoms with Gasteiger partial charge in [0.25, 0.3) is 0 Å². The smallest absolute Gasteiger partial charge is 0.310 e. The zero-order valence-electron chi connectivity index (χ0n) is 16.3. The Balaban J connectivity index is 1.53. The van der Waals surface area contributed by atoms with Crippen molar-refractivity contribution < 1.29 is 29.0 Å². The van der Waals surface area contributed by atoms with E-state index >= 15 is 0 Å². The van der Waals surface area contributed by atoms with E-state index in [1.54, 1.807) is 0 Å². The van der Waals surface area contributed by atoms with Gasteiger partial charge in [-0.25, -0.2) is 0 Å². The Hall–Kier alpha value is -1.88. The normalized spacial score (nSPS) is 29.2. The zero-order valence-corrected chi connectivity index (χ0v) is 17.1. The van der Waals surface area contributed by atoms with Gasteiger partial charge in [-0.3, -0.25) is 14.9 Å². The van der Waals surface area contributed by atoms with E-state index in [-0.39, 0.29) is 23.9 Å². The van der Waals surface area contributed by atoms with Crippen molar-refractivity contribution in [3.63, 3.8) is 0 Å². The molecule has 30 heavy (non-hydrogen) atoms. The summed E-state index contributed by atoms with van der Waals surface area (Å²) >= 11 is 0. The number of rotatable bonds is 6. The SMILES string of the molecule is CC1([C@@H](NC(=O)C2CC(=O)NC(C3CC3)N2)c2ccc(S(F)(F)(F)(F)F)cc2)CC1. The molecule has 1 saturated heterocycles. The van der Waals surface area contributed by atoms with E-state index in [9.17, 15) is 29.0 Å². The maximum Gasteiger partial charge on any atom is 0.310 e. The van der Waals surface area contributed by atoms with Crippen LogP contribution in [0.25, 0.3) is 0 Å². The van der Waals surface area contributed by atoms with Gasteiger partial charge in [0.05, 0.1) is 24.7 Å². The van der Waals surface area contributed by atoms with Crippen molar-refractivity contribution in [2.45, 2.75) is 62.2 Å². The van der Waals surface area contributed by atoms with Crippen molar-refractivity contribution in [3.8, 4) is 0 Å². The quantitative estimate of drug-likeness (QED) is 0.555. The van der Waals surface area contributed by atoms with Crippen LogP contribution in [-0.4, -0.2) is 24.0 Å². The minimum Gasteiger partial charge on any atom is -0.347 e. The number of amides is 2. The number of carbonyl (C=O) groups is 2. The van der Waals surface area contributed by atoms with E-state index in [0.717, 1.165) is 37.8 Å². The monoisotopic (exact) mass is 453 g/mol. The fourth-order valence-electron chi connectivity index (χ4n) is 3.89. The molecule has 0 radical (unpaired) electrons. The average Bonchev–Trinajstić information content (AvgIpc) is 3.53. The summed E-state index contributed by atoms with van der Waals surface area (Å²) in [6.07, 6.45) is 3.10. The average molecular weight is 453 g/mol. The van der Waals surface area contributed by atoms with Crippen molar-refractivity contribution in [1.29, 1.82) is 0 Å². The molecule has 3 atom stereocenters. The second kappa shape index (κ2) is 6.09. The Bertz CT molecular complexity index is 882. The molecular formula is C19H24F5N3O2S. The molecule has 0 aromatic heterocycles. The molecule has 3 N–H and O–H groups in total. The summed E-state index contributed by atoms with van der Waals surface area (Å²) in [4.78, 5) is 22.9. The molecule has 168 valence electrons. The Morgan fingerprint density at radius 1 is 1.13 bits per heavy atom. The van der Waals surface area contributed by atoms with Gasteiger partial charge in [0, 0.05) is 0 Å². The van der Waals surface area contributed by atoms with E-state index in [1.165, 1.54) is 0 Å². The highest BCUT2D eigenvalue weighted by Crippen LogP contribution is 3.02. The van der Waals surface area contributed by atoms with E-state index in [4.69, 9.17) is 0 Å². The molecule has 1 heterocycles. The lowest BCUT2D eigenvalue weighted by Gasteiger charge is -2.40. The summed E-state index contributed by atoms with van der Waals surface area (Å²) in [6.45, 7) is 1.88. The second-order valence-corrected chi connectivity index (χ2v) is 11.3. The van der Waals surface area contributed by atoms with E-state index in [1.807, 2.05) is 6.92 Å². The molecule has 2 unspecified atom stereocenters. The molecule has 2 aliphatic carbocycles. The van der Waals surface area contributed by atoms with Crippen LogP contribution < -0.4 is 16.0 Å². The van der Waals surface area contributed by atoms with Crippen LogP contribution >= 0.6 is 10.2 Å². The van der Waals surface area contributed by atoms with Crippen LogP contribution in [0.15, 0.2) is 29.2 Å². The van der Waals surface area contributed by atoms with Crippen LogP contribution in [0.4, 0.5) is 19.4 Å². The number of nitrogens with one attached hydrogen (secondary N) is 3. The Morgan fingerprint density at radius 2 is 1.73 bits per heavy atom. The Labute approximate surface area is 170 Å². The Kier molecular flexibility index (Phi) is 4.34. The minimum atomic E-state index is -9.75. The van der Waals surface area contributed by atoms with Gasteiger partial charge in [0.2, 0.25) is 11.8 Å². The molecular weight excluding hydrogens is 429 g/mol. The van der Waals surface area contributed by atoms with Crippen molar-refractivity contribution in [3.05, 3.63) is 29.8 Å². The third kappa shape index (κ3) is 4.56. The van der Waals surface area contributed by atoms with E-state index in [0.29, 0.717) is 23.6 Å². The lowest BCUT2D eigenvalue weighted by molar-refractivity contribution is -0.132.